The first kappa shape index (κ1) is 18.3. The summed E-state index contributed by atoms with van der Waals surface area (Å²) in [6.07, 6.45) is -0.813. The average Bonchev–Trinajstić information content (AvgIpc) is 2.97. The fourth-order valence-electron chi connectivity index (χ4n) is 2.57. The van der Waals surface area contributed by atoms with E-state index in [1.807, 2.05) is 12.1 Å². The topological polar surface area (TPSA) is 64.6 Å². The molecule has 2 atom stereocenters. The number of nitrogens with one attached hydrogen (secondary N) is 1. The minimum Gasteiger partial charge on any atom is -0.497 e. The predicted octanol–water partition coefficient (Wildman–Crippen LogP) is 3.68. The third-order valence-electron chi connectivity index (χ3n) is 3.96. The number of carbonyl (C=O) groups excluding carboxylic acids is 2. The number of methoxy groups -OCH3 is 1. The molecule has 1 aliphatic rings. The lowest BCUT2D eigenvalue weighted by Crippen LogP contribution is -2.25. The van der Waals surface area contributed by atoms with E-state index in [4.69, 9.17) is 9.47 Å². The maximum atomic E-state index is 14.3. The number of benzene rings is 2. The Morgan fingerprint density at radius 2 is 1.92 bits per heavy atom. The molecule has 1 saturated heterocycles. The Morgan fingerprint density at radius 1 is 1.15 bits per heavy atom. The van der Waals surface area contributed by atoms with Crippen LogP contribution >= 0.6 is 11.8 Å². The number of imide groups is 1. The van der Waals surface area contributed by atoms with Crippen molar-refractivity contribution in [1.29, 1.82) is 0 Å². The SMILES string of the molecule is COc1cccc([C@@H](F)COc2ccc(CC3SC(=O)NC3=O)cc2)c1. The number of halogens is 1. The number of rotatable bonds is 7. The molecule has 0 aliphatic carbocycles. The largest absolute Gasteiger partial charge is 0.497 e. The molecule has 1 aliphatic heterocycles. The van der Waals surface area contributed by atoms with Crippen LogP contribution in [0.4, 0.5) is 9.18 Å². The van der Waals surface area contributed by atoms with E-state index in [-0.39, 0.29) is 17.8 Å². The van der Waals surface area contributed by atoms with Gasteiger partial charge in [-0.3, -0.25) is 14.9 Å². The zero-order valence-corrected chi connectivity index (χ0v) is 14.9. The van der Waals surface area contributed by atoms with Crippen LogP contribution in [-0.2, 0) is 11.2 Å². The van der Waals surface area contributed by atoms with Gasteiger partial charge in [0.2, 0.25) is 5.91 Å². The summed E-state index contributed by atoms with van der Waals surface area (Å²) in [6.45, 7) is -0.109. The van der Waals surface area contributed by atoms with Crippen LogP contribution in [0.25, 0.3) is 0 Å². The lowest BCUT2D eigenvalue weighted by molar-refractivity contribution is -0.118. The zero-order valence-electron chi connectivity index (χ0n) is 14.1. The summed E-state index contributed by atoms with van der Waals surface area (Å²) in [7, 11) is 1.54. The number of hydrogen-bond acceptors (Lipinski definition) is 5. The second-order valence-electron chi connectivity index (χ2n) is 5.79. The van der Waals surface area contributed by atoms with Gasteiger partial charge in [0.25, 0.3) is 5.24 Å². The Balaban J connectivity index is 1.54. The van der Waals surface area contributed by atoms with Crippen LogP contribution in [0.3, 0.4) is 0 Å². The van der Waals surface area contributed by atoms with Gasteiger partial charge in [0.15, 0.2) is 6.17 Å². The van der Waals surface area contributed by atoms with Crippen LogP contribution in [0.1, 0.15) is 17.3 Å². The van der Waals surface area contributed by atoms with Crippen LogP contribution < -0.4 is 14.8 Å². The van der Waals surface area contributed by atoms with E-state index in [1.165, 1.54) is 7.11 Å². The van der Waals surface area contributed by atoms with Crippen LogP contribution in [0.15, 0.2) is 48.5 Å². The van der Waals surface area contributed by atoms with E-state index in [2.05, 4.69) is 5.32 Å². The van der Waals surface area contributed by atoms with Crippen molar-refractivity contribution in [2.45, 2.75) is 17.8 Å². The molecule has 136 valence electrons. The first-order valence-corrected chi connectivity index (χ1v) is 8.94. The second-order valence-corrected chi connectivity index (χ2v) is 6.96. The molecule has 2 aromatic rings. The van der Waals surface area contributed by atoms with Crippen molar-refractivity contribution in [2.24, 2.45) is 0 Å². The van der Waals surface area contributed by atoms with Gasteiger partial charge in [-0.15, -0.1) is 0 Å². The molecule has 1 unspecified atom stereocenters. The number of thioether (sulfide) groups is 1. The van der Waals surface area contributed by atoms with Crippen molar-refractivity contribution < 1.29 is 23.5 Å². The lowest BCUT2D eigenvalue weighted by Gasteiger charge is -2.12. The molecule has 0 saturated carbocycles. The van der Waals surface area contributed by atoms with E-state index in [0.29, 0.717) is 23.5 Å². The van der Waals surface area contributed by atoms with E-state index in [0.717, 1.165) is 17.3 Å². The van der Waals surface area contributed by atoms with E-state index >= 15 is 0 Å². The smallest absolute Gasteiger partial charge is 0.286 e. The Morgan fingerprint density at radius 3 is 2.58 bits per heavy atom. The minimum absolute atomic E-state index is 0.109. The fourth-order valence-corrected chi connectivity index (χ4v) is 3.43. The predicted molar refractivity (Wildman–Crippen MR) is 97.4 cm³/mol. The van der Waals surface area contributed by atoms with Crippen LogP contribution in [-0.4, -0.2) is 30.1 Å². The number of amides is 2. The third kappa shape index (κ3) is 4.54. The highest BCUT2D eigenvalue weighted by Crippen LogP contribution is 2.25. The molecule has 2 amide bonds. The highest BCUT2D eigenvalue weighted by atomic mass is 32.2. The highest BCUT2D eigenvalue weighted by molar-refractivity contribution is 8.15. The zero-order chi connectivity index (χ0) is 18.5. The van der Waals surface area contributed by atoms with Crippen LogP contribution in [0.5, 0.6) is 11.5 Å². The van der Waals surface area contributed by atoms with Gasteiger partial charge in [-0.2, -0.15) is 0 Å². The number of alkyl halides is 1. The summed E-state index contributed by atoms with van der Waals surface area (Å²) >= 11 is 0.997. The first-order valence-electron chi connectivity index (χ1n) is 8.06. The molecule has 2 aromatic carbocycles. The number of carbonyl (C=O) groups is 2. The summed E-state index contributed by atoms with van der Waals surface area (Å²) in [5.41, 5.74) is 1.40. The molecule has 0 spiro atoms. The minimum atomic E-state index is -1.27. The molecular weight excluding hydrogens is 357 g/mol. The summed E-state index contributed by atoms with van der Waals surface area (Å²) < 4.78 is 24.9. The van der Waals surface area contributed by atoms with Gasteiger partial charge in [-0.25, -0.2) is 4.39 Å². The van der Waals surface area contributed by atoms with Gasteiger partial charge >= 0.3 is 0 Å². The lowest BCUT2D eigenvalue weighted by atomic mass is 10.1. The third-order valence-corrected chi connectivity index (χ3v) is 4.94. The van der Waals surface area contributed by atoms with Gasteiger partial charge in [0, 0.05) is 0 Å². The molecule has 1 N–H and O–H groups in total. The standard InChI is InChI=1S/C19H18FNO4S/c1-24-15-4-2-3-13(10-15)16(20)11-25-14-7-5-12(6-8-14)9-17-18(22)21-19(23)26-17/h2-8,10,16-17H,9,11H2,1H3,(H,21,22,23)/t16-,17?/m0/s1. The molecule has 0 aromatic heterocycles. The first-order chi connectivity index (χ1) is 12.5. The van der Waals surface area contributed by atoms with Gasteiger partial charge in [-0.05, 0) is 41.8 Å². The molecule has 7 heteroatoms. The monoisotopic (exact) mass is 375 g/mol. The van der Waals surface area contributed by atoms with E-state index < -0.39 is 11.4 Å². The molecular formula is C19H18FNO4S. The van der Waals surface area contributed by atoms with Gasteiger partial charge in [-0.1, -0.05) is 36.0 Å². The Hall–Kier alpha value is -2.54. The maximum Gasteiger partial charge on any atom is 0.286 e. The Bertz CT molecular complexity index is 796. The summed E-state index contributed by atoms with van der Waals surface area (Å²) in [5.74, 6) is 0.875. The molecule has 5 nitrogen and oxygen atoms in total. The van der Waals surface area contributed by atoms with Gasteiger partial charge in [0.05, 0.1) is 12.4 Å². The van der Waals surface area contributed by atoms with Crippen molar-refractivity contribution in [3.63, 3.8) is 0 Å². The van der Waals surface area contributed by atoms with Gasteiger partial charge in [0.1, 0.15) is 18.1 Å². The van der Waals surface area contributed by atoms with Crippen molar-refractivity contribution in [2.75, 3.05) is 13.7 Å². The quantitative estimate of drug-likeness (QED) is 0.800. The Kier molecular flexibility index (Phi) is 5.78. The molecule has 3 rings (SSSR count). The summed E-state index contributed by atoms with van der Waals surface area (Å²) in [5, 5.41) is 1.55. The molecule has 0 radical (unpaired) electrons. The molecule has 1 heterocycles. The number of hydrogen-bond donors (Lipinski definition) is 1. The van der Waals surface area contributed by atoms with Gasteiger partial charge < -0.3 is 9.47 Å². The fraction of sp³-hybridized carbons (Fsp3) is 0.263. The normalized spacial score (nSPS) is 17.7. The van der Waals surface area contributed by atoms with Crippen molar-refractivity contribution in [1.82, 2.24) is 5.32 Å². The maximum absolute atomic E-state index is 14.3. The van der Waals surface area contributed by atoms with Crippen molar-refractivity contribution in [3.8, 4) is 11.5 Å². The number of ether oxygens (including phenoxy) is 2. The molecule has 26 heavy (non-hydrogen) atoms. The summed E-state index contributed by atoms with van der Waals surface area (Å²) in [6, 6.07) is 13.9. The second kappa shape index (κ2) is 8.23. The van der Waals surface area contributed by atoms with Crippen LogP contribution in [0.2, 0.25) is 0 Å². The molecule has 0 bridgehead atoms. The van der Waals surface area contributed by atoms with E-state index in [9.17, 15) is 14.0 Å². The van der Waals surface area contributed by atoms with Crippen molar-refractivity contribution in [3.05, 3.63) is 59.7 Å². The Labute approximate surface area is 154 Å². The average molecular weight is 375 g/mol. The summed E-state index contributed by atoms with van der Waals surface area (Å²) in [4.78, 5) is 22.8. The van der Waals surface area contributed by atoms with Crippen molar-refractivity contribution >= 4 is 22.9 Å². The van der Waals surface area contributed by atoms with E-state index in [1.54, 1.807) is 36.4 Å². The molecule has 1 fully saturated rings. The van der Waals surface area contributed by atoms with Crippen LogP contribution in [0, 0.1) is 0 Å². The highest BCUT2D eigenvalue weighted by Gasteiger charge is 2.31.